The lowest BCUT2D eigenvalue weighted by atomic mass is 9.90. The van der Waals surface area contributed by atoms with Crippen LogP contribution in [0.5, 0.6) is 0 Å². The molecule has 1 aliphatic carbocycles. The molecule has 0 unspecified atom stereocenters. The van der Waals surface area contributed by atoms with E-state index < -0.39 is 0 Å². The zero-order valence-electron chi connectivity index (χ0n) is 8.51. The van der Waals surface area contributed by atoms with Crippen molar-refractivity contribution in [1.29, 1.82) is 0 Å². The Bertz CT molecular complexity index is 208. The van der Waals surface area contributed by atoms with Gasteiger partial charge < -0.3 is 4.74 Å². The van der Waals surface area contributed by atoms with Crippen molar-refractivity contribution in [2.75, 3.05) is 6.61 Å². The van der Waals surface area contributed by atoms with E-state index in [0.29, 0.717) is 12.5 Å². The highest BCUT2D eigenvalue weighted by atomic mass is 16.5. The number of ether oxygens (including phenoxy) is 1. The molecule has 0 spiro atoms. The molecule has 1 saturated carbocycles. The first-order valence-electron chi connectivity index (χ1n) is 4.98. The summed E-state index contributed by atoms with van der Waals surface area (Å²) in [6.07, 6.45) is 3.19. The fraction of sp³-hybridized carbons (Fsp3) is 0.727. The van der Waals surface area contributed by atoms with Gasteiger partial charge in [-0.05, 0) is 32.6 Å². The van der Waals surface area contributed by atoms with Crippen LogP contribution in [0.4, 0.5) is 0 Å². The lowest BCUT2D eigenvalue weighted by Crippen LogP contribution is -2.21. The third-order valence-electron chi connectivity index (χ3n) is 2.74. The van der Waals surface area contributed by atoms with E-state index in [0.717, 1.165) is 24.8 Å². The quantitative estimate of drug-likeness (QED) is 0.495. The largest absolute Gasteiger partial charge is 0.466 e. The molecule has 0 radical (unpaired) electrons. The summed E-state index contributed by atoms with van der Waals surface area (Å²) >= 11 is 0. The predicted molar refractivity (Wildman–Crippen MR) is 52.3 cm³/mol. The van der Waals surface area contributed by atoms with E-state index in [1.807, 2.05) is 13.8 Å². The topological polar surface area (TPSA) is 26.3 Å². The van der Waals surface area contributed by atoms with E-state index in [9.17, 15) is 4.79 Å². The van der Waals surface area contributed by atoms with Crippen molar-refractivity contribution in [2.45, 2.75) is 33.1 Å². The van der Waals surface area contributed by atoms with Gasteiger partial charge in [0.25, 0.3) is 0 Å². The van der Waals surface area contributed by atoms with Crippen LogP contribution >= 0.6 is 0 Å². The summed E-state index contributed by atoms with van der Waals surface area (Å²) in [5.41, 5.74) is 1.12. The van der Waals surface area contributed by atoms with Crippen LogP contribution in [-0.4, -0.2) is 12.6 Å². The molecular formula is C11H18O2. The first-order chi connectivity index (χ1) is 6.16. The number of carbonyl (C=O) groups excluding carboxylic acids is 1. The lowest BCUT2D eigenvalue weighted by Gasteiger charge is -2.17. The van der Waals surface area contributed by atoms with E-state index >= 15 is 0 Å². The number of hydrogen-bond acceptors (Lipinski definition) is 2. The molecule has 1 rings (SSSR count). The van der Waals surface area contributed by atoms with Crippen molar-refractivity contribution in [2.24, 2.45) is 11.8 Å². The van der Waals surface area contributed by atoms with Crippen LogP contribution in [0.3, 0.4) is 0 Å². The summed E-state index contributed by atoms with van der Waals surface area (Å²) in [7, 11) is 0. The zero-order chi connectivity index (χ0) is 9.84. The molecule has 0 amide bonds. The average molecular weight is 182 g/mol. The Kier molecular flexibility index (Phi) is 3.52. The Labute approximate surface area is 80.0 Å². The highest BCUT2D eigenvalue weighted by Crippen LogP contribution is 2.36. The minimum Gasteiger partial charge on any atom is -0.466 e. The van der Waals surface area contributed by atoms with Gasteiger partial charge in [0.15, 0.2) is 0 Å². The zero-order valence-corrected chi connectivity index (χ0v) is 8.51. The van der Waals surface area contributed by atoms with Crippen LogP contribution < -0.4 is 0 Å². The van der Waals surface area contributed by atoms with Gasteiger partial charge in [0, 0.05) is 0 Å². The molecule has 1 aliphatic rings. The normalized spacial score (nSPS) is 27.2. The monoisotopic (exact) mass is 182 g/mol. The van der Waals surface area contributed by atoms with Gasteiger partial charge in [0.1, 0.15) is 0 Å². The molecule has 2 heteroatoms. The molecular weight excluding hydrogens is 164 g/mol. The van der Waals surface area contributed by atoms with Gasteiger partial charge in [-0.1, -0.05) is 18.6 Å². The van der Waals surface area contributed by atoms with Crippen LogP contribution in [0.25, 0.3) is 0 Å². The molecule has 1 fully saturated rings. The average Bonchev–Trinajstić information content (AvgIpc) is 2.52. The third kappa shape index (κ3) is 2.33. The van der Waals surface area contributed by atoms with Crippen molar-refractivity contribution in [3.05, 3.63) is 12.2 Å². The second-order valence-corrected chi connectivity index (χ2v) is 3.74. The molecule has 13 heavy (non-hydrogen) atoms. The SMILES string of the molecule is C=C(C)[C@H]1CCC[C@H]1C(=O)OCC. The van der Waals surface area contributed by atoms with Gasteiger partial charge in [0.05, 0.1) is 12.5 Å². The van der Waals surface area contributed by atoms with Gasteiger partial charge in [-0.25, -0.2) is 0 Å². The van der Waals surface area contributed by atoms with E-state index in [1.165, 1.54) is 0 Å². The summed E-state index contributed by atoms with van der Waals surface area (Å²) in [6.45, 7) is 8.26. The Morgan fingerprint density at radius 3 is 2.62 bits per heavy atom. The molecule has 0 saturated heterocycles. The molecule has 0 aromatic heterocycles. The Balaban J connectivity index is 2.57. The van der Waals surface area contributed by atoms with E-state index in [-0.39, 0.29) is 11.9 Å². The smallest absolute Gasteiger partial charge is 0.309 e. The molecule has 0 bridgehead atoms. The van der Waals surface area contributed by atoms with Crippen LogP contribution in [0.15, 0.2) is 12.2 Å². The molecule has 0 N–H and O–H groups in total. The minimum absolute atomic E-state index is 0.0343. The molecule has 2 atom stereocenters. The lowest BCUT2D eigenvalue weighted by molar-refractivity contribution is -0.148. The molecule has 0 aromatic carbocycles. The van der Waals surface area contributed by atoms with E-state index in [1.54, 1.807) is 0 Å². The Morgan fingerprint density at radius 2 is 2.08 bits per heavy atom. The van der Waals surface area contributed by atoms with Crippen LogP contribution in [0.2, 0.25) is 0 Å². The Hall–Kier alpha value is -0.790. The van der Waals surface area contributed by atoms with Crippen molar-refractivity contribution >= 4 is 5.97 Å². The maximum atomic E-state index is 11.5. The van der Waals surface area contributed by atoms with Crippen LogP contribution in [0, 0.1) is 11.8 Å². The maximum absolute atomic E-state index is 11.5. The van der Waals surface area contributed by atoms with Gasteiger partial charge >= 0.3 is 5.97 Å². The van der Waals surface area contributed by atoms with Gasteiger partial charge in [-0.15, -0.1) is 0 Å². The summed E-state index contributed by atoms with van der Waals surface area (Å²) < 4.78 is 5.03. The standard InChI is InChI=1S/C11H18O2/c1-4-13-11(12)10-7-5-6-9(10)8(2)3/h9-10H,2,4-7H2,1,3H3/t9-,10-/m1/s1. The van der Waals surface area contributed by atoms with Crippen LogP contribution in [0.1, 0.15) is 33.1 Å². The third-order valence-corrected chi connectivity index (χ3v) is 2.74. The number of hydrogen-bond donors (Lipinski definition) is 0. The number of allylic oxidation sites excluding steroid dienone is 1. The number of esters is 1. The second-order valence-electron chi connectivity index (χ2n) is 3.74. The second kappa shape index (κ2) is 4.45. The molecule has 0 aliphatic heterocycles. The number of rotatable bonds is 3. The minimum atomic E-state index is -0.0343. The van der Waals surface area contributed by atoms with Crippen LogP contribution in [-0.2, 0) is 9.53 Å². The van der Waals surface area contributed by atoms with Crippen molar-refractivity contribution in [3.8, 4) is 0 Å². The van der Waals surface area contributed by atoms with E-state index in [2.05, 4.69) is 6.58 Å². The molecule has 2 nitrogen and oxygen atoms in total. The molecule has 0 aromatic rings. The Morgan fingerprint density at radius 1 is 1.46 bits per heavy atom. The highest BCUT2D eigenvalue weighted by Gasteiger charge is 2.34. The first kappa shape index (κ1) is 10.3. The van der Waals surface area contributed by atoms with Crippen molar-refractivity contribution in [1.82, 2.24) is 0 Å². The van der Waals surface area contributed by atoms with Gasteiger partial charge in [-0.3, -0.25) is 4.79 Å². The molecule has 74 valence electrons. The first-order valence-corrected chi connectivity index (χ1v) is 4.98. The predicted octanol–water partition coefficient (Wildman–Crippen LogP) is 2.54. The van der Waals surface area contributed by atoms with Crippen molar-refractivity contribution in [3.63, 3.8) is 0 Å². The summed E-state index contributed by atoms with van der Waals surface area (Å²) in [4.78, 5) is 11.5. The van der Waals surface area contributed by atoms with Gasteiger partial charge in [-0.2, -0.15) is 0 Å². The fourth-order valence-corrected chi connectivity index (χ4v) is 2.08. The van der Waals surface area contributed by atoms with E-state index in [4.69, 9.17) is 4.74 Å². The fourth-order valence-electron chi connectivity index (χ4n) is 2.08. The summed E-state index contributed by atoms with van der Waals surface area (Å²) in [5, 5.41) is 0. The summed E-state index contributed by atoms with van der Waals surface area (Å²) in [6, 6.07) is 0. The maximum Gasteiger partial charge on any atom is 0.309 e. The summed E-state index contributed by atoms with van der Waals surface area (Å²) in [5.74, 6) is 0.407. The number of carbonyl (C=O) groups is 1. The molecule has 0 heterocycles. The highest BCUT2D eigenvalue weighted by molar-refractivity contribution is 5.73. The van der Waals surface area contributed by atoms with Gasteiger partial charge in [0.2, 0.25) is 0 Å². The van der Waals surface area contributed by atoms with Crippen molar-refractivity contribution < 1.29 is 9.53 Å².